The molecule has 1 rings (SSSR count). The Balaban J connectivity index is 2.72. The van der Waals surface area contributed by atoms with E-state index in [1.807, 2.05) is 0 Å². The number of aliphatic hydroxyl groups is 1. The van der Waals surface area contributed by atoms with Gasteiger partial charge in [-0.3, -0.25) is 4.79 Å². The first-order valence-corrected chi connectivity index (χ1v) is 4.73. The molecule has 0 unspecified atom stereocenters. The second-order valence-corrected chi connectivity index (χ2v) is 3.14. The first-order chi connectivity index (χ1) is 8.08. The van der Waals surface area contributed by atoms with Crippen molar-refractivity contribution in [3.05, 3.63) is 23.9 Å². The van der Waals surface area contributed by atoms with Gasteiger partial charge in [0.2, 0.25) is 5.88 Å². The van der Waals surface area contributed by atoms with Crippen LogP contribution in [0.15, 0.2) is 18.3 Å². The van der Waals surface area contributed by atoms with Crippen LogP contribution in [0.25, 0.3) is 0 Å². The van der Waals surface area contributed by atoms with E-state index in [0.717, 1.165) is 0 Å². The molecule has 1 aromatic rings. The number of hydrogen-bond acceptors (Lipinski definition) is 5. The van der Waals surface area contributed by atoms with Crippen molar-refractivity contribution < 1.29 is 24.5 Å². The summed E-state index contributed by atoms with van der Waals surface area (Å²) in [7, 11) is 1.44. The molecule has 0 radical (unpaired) electrons. The van der Waals surface area contributed by atoms with Crippen molar-refractivity contribution in [1.82, 2.24) is 10.3 Å². The van der Waals surface area contributed by atoms with Crippen molar-refractivity contribution in [2.75, 3.05) is 13.7 Å². The molecule has 0 aliphatic heterocycles. The largest absolute Gasteiger partial charge is 0.481 e. The molecule has 1 atom stereocenters. The molecule has 1 amide bonds. The monoisotopic (exact) mass is 240 g/mol. The van der Waals surface area contributed by atoms with E-state index in [0.29, 0.717) is 5.88 Å². The lowest BCUT2D eigenvalue weighted by Gasteiger charge is -2.11. The number of carbonyl (C=O) groups excluding carboxylic acids is 1. The van der Waals surface area contributed by atoms with Gasteiger partial charge in [-0.25, -0.2) is 9.78 Å². The van der Waals surface area contributed by atoms with Crippen LogP contribution >= 0.6 is 0 Å². The molecule has 0 aromatic carbocycles. The van der Waals surface area contributed by atoms with Gasteiger partial charge in [-0.05, 0) is 6.07 Å². The quantitative estimate of drug-likeness (QED) is 0.625. The number of carbonyl (C=O) groups is 2. The van der Waals surface area contributed by atoms with Crippen LogP contribution in [0.5, 0.6) is 5.88 Å². The number of nitrogens with zero attached hydrogens (tertiary/aromatic N) is 1. The normalized spacial score (nSPS) is 11.6. The fourth-order valence-corrected chi connectivity index (χ4v) is 1.06. The highest BCUT2D eigenvalue weighted by molar-refractivity contribution is 5.96. The summed E-state index contributed by atoms with van der Waals surface area (Å²) in [4.78, 5) is 25.9. The van der Waals surface area contributed by atoms with Gasteiger partial charge < -0.3 is 20.3 Å². The van der Waals surface area contributed by atoms with Crippen LogP contribution in [-0.4, -0.2) is 46.8 Å². The van der Waals surface area contributed by atoms with Gasteiger partial charge in [-0.15, -0.1) is 0 Å². The second kappa shape index (κ2) is 5.80. The van der Waals surface area contributed by atoms with Gasteiger partial charge >= 0.3 is 5.97 Å². The smallest absolute Gasteiger partial charge is 0.328 e. The average molecular weight is 240 g/mol. The van der Waals surface area contributed by atoms with Crippen LogP contribution in [0.2, 0.25) is 0 Å². The molecule has 7 heteroatoms. The summed E-state index contributed by atoms with van der Waals surface area (Å²) in [6.07, 6.45) is 1.25. The molecule has 0 bridgehead atoms. The molecule has 7 nitrogen and oxygen atoms in total. The number of aromatic nitrogens is 1. The van der Waals surface area contributed by atoms with Gasteiger partial charge in [0, 0.05) is 12.3 Å². The van der Waals surface area contributed by atoms with Crippen LogP contribution in [0.4, 0.5) is 0 Å². The zero-order valence-electron chi connectivity index (χ0n) is 9.08. The number of methoxy groups -OCH3 is 1. The molecule has 1 heterocycles. The molecule has 0 saturated heterocycles. The third-order valence-corrected chi connectivity index (χ3v) is 1.99. The van der Waals surface area contributed by atoms with Gasteiger partial charge in [-0.1, -0.05) is 0 Å². The van der Waals surface area contributed by atoms with E-state index in [9.17, 15) is 9.59 Å². The first-order valence-electron chi connectivity index (χ1n) is 4.73. The summed E-state index contributed by atoms with van der Waals surface area (Å²) in [5, 5.41) is 19.5. The number of carboxylic acids is 1. The fourth-order valence-electron chi connectivity index (χ4n) is 1.06. The Morgan fingerprint density at radius 1 is 1.53 bits per heavy atom. The molecular formula is C10H12N2O5. The molecule has 92 valence electrons. The number of hydrogen-bond donors (Lipinski definition) is 3. The van der Waals surface area contributed by atoms with Crippen LogP contribution in [-0.2, 0) is 4.79 Å². The standard InChI is InChI=1S/C10H12N2O5/c1-17-8-3-2-6(4-11-8)9(14)12-7(5-13)10(15)16/h2-4,7,13H,5H2,1H3,(H,12,14)(H,15,16)/t7-/m1/s1. The minimum atomic E-state index is -1.33. The van der Waals surface area contributed by atoms with Crippen LogP contribution in [0.3, 0.4) is 0 Å². The van der Waals surface area contributed by atoms with Crippen molar-refractivity contribution in [3.63, 3.8) is 0 Å². The topological polar surface area (TPSA) is 109 Å². The predicted octanol–water partition coefficient (Wildman–Crippen LogP) is -0.735. The summed E-state index contributed by atoms with van der Waals surface area (Å²) in [5.41, 5.74) is 0.186. The zero-order chi connectivity index (χ0) is 12.8. The van der Waals surface area contributed by atoms with E-state index in [2.05, 4.69) is 10.3 Å². The second-order valence-electron chi connectivity index (χ2n) is 3.14. The number of amides is 1. The SMILES string of the molecule is COc1ccc(C(=O)N[C@H](CO)C(=O)O)cn1. The van der Waals surface area contributed by atoms with E-state index < -0.39 is 24.5 Å². The Morgan fingerprint density at radius 3 is 2.65 bits per heavy atom. The van der Waals surface area contributed by atoms with Crippen molar-refractivity contribution in [2.45, 2.75) is 6.04 Å². The fraction of sp³-hybridized carbons (Fsp3) is 0.300. The molecule has 0 fully saturated rings. The van der Waals surface area contributed by atoms with Gasteiger partial charge in [0.05, 0.1) is 19.3 Å². The first kappa shape index (κ1) is 12.9. The maximum absolute atomic E-state index is 11.6. The van der Waals surface area contributed by atoms with E-state index in [1.54, 1.807) is 0 Å². The molecule has 1 aromatic heterocycles. The molecular weight excluding hydrogens is 228 g/mol. The average Bonchev–Trinajstić information content (AvgIpc) is 2.35. The van der Waals surface area contributed by atoms with Gasteiger partial charge in [0.15, 0.2) is 6.04 Å². The Hall–Kier alpha value is -2.15. The van der Waals surface area contributed by atoms with Crippen LogP contribution in [0, 0.1) is 0 Å². The van der Waals surface area contributed by atoms with Crippen molar-refractivity contribution >= 4 is 11.9 Å². The number of carboxylic acid groups (broad SMARTS) is 1. The highest BCUT2D eigenvalue weighted by Gasteiger charge is 2.19. The Morgan fingerprint density at radius 2 is 2.24 bits per heavy atom. The van der Waals surface area contributed by atoms with Crippen molar-refractivity contribution in [2.24, 2.45) is 0 Å². The van der Waals surface area contributed by atoms with E-state index in [-0.39, 0.29) is 5.56 Å². The summed E-state index contributed by atoms with van der Waals surface area (Å²) >= 11 is 0. The van der Waals surface area contributed by atoms with Crippen molar-refractivity contribution in [1.29, 1.82) is 0 Å². The lowest BCUT2D eigenvalue weighted by atomic mass is 10.2. The zero-order valence-corrected chi connectivity index (χ0v) is 9.08. The summed E-state index contributed by atoms with van der Waals surface area (Å²) in [6.45, 7) is -0.676. The number of aliphatic hydroxyl groups excluding tert-OH is 1. The lowest BCUT2D eigenvalue weighted by molar-refractivity contribution is -0.140. The maximum atomic E-state index is 11.6. The predicted molar refractivity (Wildman–Crippen MR) is 56.8 cm³/mol. The third kappa shape index (κ3) is 3.42. The Kier molecular flexibility index (Phi) is 4.41. The van der Waals surface area contributed by atoms with Gasteiger partial charge in [-0.2, -0.15) is 0 Å². The minimum Gasteiger partial charge on any atom is -0.481 e. The Bertz CT molecular complexity index is 404. The summed E-state index contributed by atoms with van der Waals surface area (Å²) in [6, 6.07) is 1.59. The highest BCUT2D eigenvalue weighted by atomic mass is 16.5. The maximum Gasteiger partial charge on any atom is 0.328 e. The molecule has 0 aliphatic rings. The third-order valence-electron chi connectivity index (χ3n) is 1.99. The summed E-state index contributed by atoms with van der Waals surface area (Å²) < 4.78 is 4.81. The van der Waals surface area contributed by atoms with E-state index >= 15 is 0 Å². The number of aliphatic carboxylic acids is 1. The molecule has 17 heavy (non-hydrogen) atoms. The number of pyridine rings is 1. The number of rotatable bonds is 5. The Labute approximate surface area is 97.1 Å². The summed E-state index contributed by atoms with van der Waals surface area (Å²) in [5.74, 6) is -1.58. The minimum absolute atomic E-state index is 0.186. The number of nitrogens with one attached hydrogen (secondary N) is 1. The lowest BCUT2D eigenvalue weighted by Crippen LogP contribution is -2.43. The molecule has 3 N–H and O–H groups in total. The van der Waals surface area contributed by atoms with Crippen molar-refractivity contribution in [3.8, 4) is 5.88 Å². The van der Waals surface area contributed by atoms with Gasteiger partial charge in [0.1, 0.15) is 0 Å². The van der Waals surface area contributed by atoms with Crippen LogP contribution in [0.1, 0.15) is 10.4 Å². The van der Waals surface area contributed by atoms with Crippen LogP contribution < -0.4 is 10.1 Å². The van der Waals surface area contributed by atoms with E-state index in [1.165, 1.54) is 25.4 Å². The van der Waals surface area contributed by atoms with Gasteiger partial charge in [0.25, 0.3) is 5.91 Å². The number of ether oxygens (including phenoxy) is 1. The molecule has 0 spiro atoms. The van der Waals surface area contributed by atoms with E-state index in [4.69, 9.17) is 14.9 Å². The highest BCUT2D eigenvalue weighted by Crippen LogP contribution is 2.06. The molecule has 0 aliphatic carbocycles. The molecule has 0 saturated carbocycles.